The van der Waals surface area contributed by atoms with Gasteiger partial charge in [0.25, 0.3) is 5.91 Å². The largest absolute Gasteiger partial charge is 0.378 e. The van der Waals surface area contributed by atoms with Crippen molar-refractivity contribution in [1.82, 2.24) is 9.69 Å². The Morgan fingerprint density at radius 2 is 2.19 bits per heavy atom. The van der Waals surface area contributed by atoms with Crippen LogP contribution in [0.4, 0.5) is 5.00 Å². The fourth-order valence-corrected chi connectivity index (χ4v) is 3.39. The van der Waals surface area contributed by atoms with E-state index in [0.29, 0.717) is 11.3 Å². The minimum atomic E-state index is -0.226. The summed E-state index contributed by atoms with van der Waals surface area (Å²) in [6.07, 6.45) is 0.289. The van der Waals surface area contributed by atoms with Gasteiger partial charge in [-0.3, -0.25) is 9.59 Å². The van der Waals surface area contributed by atoms with Crippen molar-refractivity contribution in [2.45, 2.75) is 26.3 Å². The Labute approximate surface area is 131 Å². The molecule has 0 radical (unpaired) electrons. The fraction of sp³-hybridized carbons (Fsp3) is 0.357. The summed E-state index contributed by atoms with van der Waals surface area (Å²) in [5.41, 5.74) is 1.25. The first-order valence-corrected chi connectivity index (χ1v) is 8.19. The van der Waals surface area contributed by atoms with Gasteiger partial charge in [0.2, 0.25) is 0 Å². The third-order valence-corrected chi connectivity index (χ3v) is 4.85. The van der Waals surface area contributed by atoms with Gasteiger partial charge in [-0.05, 0) is 36.8 Å². The SMILES string of the molecule is CNc1snc(C)c1C(=O)N[C@H](C)CC(=O)c1cccs1. The summed E-state index contributed by atoms with van der Waals surface area (Å²) >= 11 is 2.67. The molecule has 0 spiro atoms. The highest BCUT2D eigenvalue weighted by atomic mass is 32.1. The molecule has 2 heterocycles. The van der Waals surface area contributed by atoms with E-state index in [4.69, 9.17) is 0 Å². The lowest BCUT2D eigenvalue weighted by molar-refractivity contribution is 0.0920. The lowest BCUT2D eigenvalue weighted by Crippen LogP contribution is -2.34. The Hall–Kier alpha value is -1.73. The van der Waals surface area contributed by atoms with Gasteiger partial charge in [-0.2, -0.15) is 4.37 Å². The van der Waals surface area contributed by atoms with Crippen LogP contribution in [0.25, 0.3) is 0 Å². The first-order valence-electron chi connectivity index (χ1n) is 6.54. The molecule has 112 valence electrons. The summed E-state index contributed by atoms with van der Waals surface area (Å²) < 4.78 is 4.17. The van der Waals surface area contributed by atoms with Gasteiger partial charge in [-0.25, -0.2) is 0 Å². The summed E-state index contributed by atoms with van der Waals surface area (Å²) in [6.45, 7) is 3.63. The Bertz CT molecular complexity index is 635. The zero-order valence-corrected chi connectivity index (χ0v) is 13.7. The first-order chi connectivity index (χ1) is 10.0. The number of carbonyl (C=O) groups excluding carboxylic acids is 2. The van der Waals surface area contributed by atoms with E-state index in [-0.39, 0.29) is 24.2 Å². The van der Waals surface area contributed by atoms with Crippen LogP contribution in [0.2, 0.25) is 0 Å². The van der Waals surface area contributed by atoms with Gasteiger partial charge in [0.15, 0.2) is 5.78 Å². The molecule has 0 fully saturated rings. The molecule has 0 aliphatic rings. The van der Waals surface area contributed by atoms with Gasteiger partial charge in [0, 0.05) is 19.5 Å². The number of anilines is 1. The van der Waals surface area contributed by atoms with Gasteiger partial charge in [-0.15, -0.1) is 11.3 Å². The summed E-state index contributed by atoms with van der Waals surface area (Å²) in [4.78, 5) is 25.0. The summed E-state index contributed by atoms with van der Waals surface area (Å²) in [5, 5.41) is 8.43. The Balaban J connectivity index is 1.99. The topological polar surface area (TPSA) is 71.1 Å². The van der Waals surface area contributed by atoms with E-state index in [2.05, 4.69) is 15.0 Å². The van der Waals surface area contributed by atoms with Crippen molar-refractivity contribution < 1.29 is 9.59 Å². The number of aryl methyl sites for hydroxylation is 1. The molecule has 0 saturated carbocycles. The molecule has 7 heteroatoms. The molecule has 2 aromatic heterocycles. The average molecular weight is 323 g/mol. The van der Waals surface area contributed by atoms with Gasteiger partial charge in [0.05, 0.1) is 16.1 Å². The standard InChI is InChI=1S/C14H17N3O2S2/c1-8(7-10(18)11-5-4-6-20-11)16-13(19)12-9(2)17-21-14(12)15-3/h4-6,8,15H,7H2,1-3H3,(H,16,19)/t8-/m1/s1. The Morgan fingerprint density at radius 3 is 2.81 bits per heavy atom. The van der Waals surface area contributed by atoms with Gasteiger partial charge in [-0.1, -0.05) is 6.07 Å². The number of hydrogen-bond acceptors (Lipinski definition) is 6. The first kappa shape index (κ1) is 15.7. The monoisotopic (exact) mass is 323 g/mol. The molecule has 2 N–H and O–H groups in total. The number of hydrogen-bond donors (Lipinski definition) is 2. The number of nitrogens with zero attached hydrogens (tertiary/aromatic N) is 1. The number of ketones is 1. The van der Waals surface area contributed by atoms with Crippen LogP contribution in [-0.2, 0) is 0 Å². The quantitative estimate of drug-likeness (QED) is 0.802. The van der Waals surface area contributed by atoms with E-state index in [0.717, 1.165) is 9.88 Å². The van der Waals surface area contributed by atoms with Crippen molar-refractivity contribution >= 4 is 39.6 Å². The van der Waals surface area contributed by atoms with Crippen molar-refractivity contribution in [3.8, 4) is 0 Å². The smallest absolute Gasteiger partial charge is 0.256 e. The Kier molecular flexibility index (Phi) is 5.08. The minimum absolute atomic E-state index is 0.0480. The number of rotatable bonds is 6. The van der Waals surface area contributed by atoms with Crippen LogP contribution in [0.3, 0.4) is 0 Å². The number of aromatic nitrogens is 1. The molecule has 0 aromatic carbocycles. The number of nitrogens with one attached hydrogen (secondary N) is 2. The van der Waals surface area contributed by atoms with Gasteiger partial charge >= 0.3 is 0 Å². The van der Waals surface area contributed by atoms with E-state index in [1.165, 1.54) is 22.9 Å². The molecule has 0 saturated heterocycles. The molecule has 0 aliphatic carbocycles. The van der Waals surface area contributed by atoms with Crippen molar-refractivity contribution in [2.75, 3.05) is 12.4 Å². The van der Waals surface area contributed by atoms with E-state index in [9.17, 15) is 9.59 Å². The molecule has 0 unspecified atom stereocenters. The minimum Gasteiger partial charge on any atom is -0.378 e. The van der Waals surface area contributed by atoms with Crippen LogP contribution in [-0.4, -0.2) is 29.2 Å². The van der Waals surface area contributed by atoms with Gasteiger partial charge in [0.1, 0.15) is 5.00 Å². The molecule has 2 rings (SSSR count). The van der Waals surface area contributed by atoms with Crippen LogP contribution in [0.1, 0.15) is 39.1 Å². The predicted molar refractivity (Wildman–Crippen MR) is 86.6 cm³/mol. The van der Waals surface area contributed by atoms with Crippen LogP contribution < -0.4 is 10.6 Å². The molecular formula is C14H17N3O2S2. The number of amides is 1. The molecule has 0 aliphatic heterocycles. The van der Waals surface area contributed by atoms with Crippen molar-refractivity contribution in [1.29, 1.82) is 0 Å². The maximum Gasteiger partial charge on any atom is 0.256 e. The van der Waals surface area contributed by atoms with Gasteiger partial charge < -0.3 is 10.6 Å². The maximum absolute atomic E-state index is 12.3. The molecular weight excluding hydrogens is 306 g/mol. The molecule has 0 bridgehead atoms. The van der Waals surface area contributed by atoms with E-state index in [1.807, 2.05) is 18.4 Å². The van der Waals surface area contributed by atoms with Crippen LogP contribution in [0.15, 0.2) is 17.5 Å². The molecule has 1 amide bonds. The molecule has 21 heavy (non-hydrogen) atoms. The number of carbonyl (C=O) groups is 2. The van der Waals surface area contributed by atoms with Crippen LogP contribution in [0, 0.1) is 6.92 Å². The second-order valence-electron chi connectivity index (χ2n) is 4.70. The summed E-state index contributed by atoms with van der Waals surface area (Å²) in [6, 6.07) is 3.42. The van der Waals surface area contributed by atoms with Crippen molar-refractivity contribution in [2.24, 2.45) is 0 Å². The maximum atomic E-state index is 12.3. The highest BCUT2D eigenvalue weighted by molar-refractivity contribution is 7.12. The van der Waals surface area contributed by atoms with E-state index in [1.54, 1.807) is 20.0 Å². The zero-order chi connectivity index (χ0) is 15.4. The normalized spacial score (nSPS) is 12.0. The van der Waals surface area contributed by atoms with Crippen LogP contribution >= 0.6 is 22.9 Å². The third-order valence-electron chi connectivity index (χ3n) is 2.98. The fourth-order valence-electron chi connectivity index (χ4n) is 1.97. The van der Waals surface area contributed by atoms with E-state index < -0.39 is 0 Å². The highest BCUT2D eigenvalue weighted by Crippen LogP contribution is 2.23. The second kappa shape index (κ2) is 6.82. The second-order valence-corrected chi connectivity index (χ2v) is 6.42. The average Bonchev–Trinajstić information content (AvgIpc) is 3.06. The lowest BCUT2D eigenvalue weighted by atomic mass is 10.1. The van der Waals surface area contributed by atoms with E-state index >= 15 is 0 Å². The number of Topliss-reactive ketones (excluding diaryl/α,β-unsaturated/α-hetero) is 1. The van der Waals surface area contributed by atoms with Crippen LogP contribution in [0.5, 0.6) is 0 Å². The van der Waals surface area contributed by atoms with Crippen molar-refractivity contribution in [3.63, 3.8) is 0 Å². The van der Waals surface area contributed by atoms with Crippen molar-refractivity contribution in [3.05, 3.63) is 33.6 Å². The number of thiophene rings is 1. The Morgan fingerprint density at radius 1 is 1.43 bits per heavy atom. The predicted octanol–water partition coefficient (Wildman–Crippen LogP) is 2.95. The zero-order valence-electron chi connectivity index (χ0n) is 12.1. The molecule has 2 aromatic rings. The third kappa shape index (κ3) is 3.68. The summed E-state index contributed by atoms with van der Waals surface area (Å²) in [7, 11) is 1.76. The highest BCUT2D eigenvalue weighted by Gasteiger charge is 2.20. The molecule has 1 atom stereocenters. The molecule has 5 nitrogen and oxygen atoms in total. The lowest BCUT2D eigenvalue weighted by Gasteiger charge is -2.13. The summed E-state index contributed by atoms with van der Waals surface area (Å²) in [5.74, 6) is -0.149.